The van der Waals surface area contributed by atoms with Crippen LogP contribution < -0.4 is 10.1 Å². The van der Waals surface area contributed by atoms with Crippen LogP contribution >= 0.6 is 23.2 Å². The molecule has 158 valence electrons. The number of nitrogens with one attached hydrogen (secondary N) is 1. The van der Waals surface area contributed by atoms with E-state index in [1.165, 1.54) is 4.90 Å². The van der Waals surface area contributed by atoms with Gasteiger partial charge in [0.05, 0.1) is 34.0 Å². The molecule has 2 aromatic carbocycles. The quantitative estimate of drug-likeness (QED) is 0.638. The lowest BCUT2D eigenvalue weighted by atomic mass is 9.94. The van der Waals surface area contributed by atoms with Crippen molar-refractivity contribution in [1.82, 2.24) is 10.2 Å². The zero-order chi connectivity index (χ0) is 21.8. The predicted molar refractivity (Wildman–Crippen MR) is 116 cm³/mol. The summed E-state index contributed by atoms with van der Waals surface area (Å²) in [4.78, 5) is 26.9. The van der Waals surface area contributed by atoms with Crippen LogP contribution in [-0.4, -0.2) is 37.2 Å². The summed E-state index contributed by atoms with van der Waals surface area (Å²) in [7, 11) is 1.57. The number of nitrogens with zero attached hydrogens (tertiary/aromatic N) is 1. The third-order valence-corrected chi connectivity index (χ3v) is 5.56. The number of aryl methyl sites for hydroxylation is 1. The van der Waals surface area contributed by atoms with Crippen molar-refractivity contribution in [1.29, 1.82) is 0 Å². The Bertz CT molecular complexity index is 1010. The summed E-state index contributed by atoms with van der Waals surface area (Å²) in [5, 5.41) is 3.39. The van der Waals surface area contributed by atoms with Crippen LogP contribution in [0.2, 0.25) is 10.0 Å². The van der Waals surface area contributed by atoms with Gasteiger partial charge < -0.3 is 14.8 Å². The molecule has 0 aromatic heterocycles. The summed E-state index contributed by atoms with van der Waals surface area (Å²) in [5.74, 6) is 0.0654. The summed E-state index contributed by atoms with van der Waals surface area (Å²) in [6.07, 6.45) is 0. The summed E-state index contributed by atoms with van der Waals surface area (Å²) in [5.41, 5.74) is 2.17. The van der Waals surface area contributed by atoms with Crippen LogP contribution in [0.5, 0.6) is 5.75 Å². The number of halogens is 2. The Kier molecular flexibility index (Phi) is 6.90. The van der Waals surface area contributed by atoms with Gasteiger partial charge in [0.1, 0.15) is 12.4 Å². The van der Waals surface area contributed by atoms with Crippen LogP contribution in [0.25, 0.3) is 0 Å². The molecule has 30 heavy (non-hydrogen) atoms. The van der Waals surface area contributed by atoms with Gasteiger partial charge in [-0.3, -0.25) is 4.90 Å². The molecule has 1 aliphatic heterocycles. The van der Waals surface area contributed by atoms with Crippen molar-refractivity contribution in [2.75, 3.05) is 20.3 Å². The predicted octanol–water partition coefficient (Wildman–Crippen LogP) is 4.89. The van der Waals surface area contributed by atoms with Crippen molar-refractivity contribution in [2.45, 2.75) is 19.9 Å². The second-order valence-corrected chi connectivity index (χ2v) is 7.56. The standard InChI is InChI=1S/C22H22Cl2N2O4/c1-4-29-21(27)18-17(12-30-14-8-5-7-13(2)11-14)26(3)22(28)25-20(18)15-9-6-10-16(23)19(15)24/h5-11,20H,4,12H2,1-3H3,(H,25,28)/t20-/m1/s1. The zero-order valence-corrected chi connectivity index (χ0v) is 18.4. The number of likely N-dealkylation sites (N-methyl/N-ethyl adjacent to an activating group) is 1. The Hall–Kier alpha value is -2.70. The smallest absolute Gasteiger partial charge is 0.338 e. The Morgan fingerprint density at radius 3 is 2.63 bits per heavy atom. The molecule has 1 heterocycles. The van der Waals surface area contributed by atoms with Crippen molar-refractivity contribution >= 4 is 35.2 Å². The van der Waals surface area contributed by atoms with E-state index in [9.17, 15) is 9.59 Å². The maximum absolute atomic E-state index is 12.9. The molecule has 0 spiro atoms. The van der Waals surface area contributed by atoms with Crippen LogP contribution in [0.4, 0.5) is 4.79 Å². The van der Waals surface area contributed by atoms with Crippen LogP contribution in [0.15, 0.2) is 53.7 Å². The molecule has 1 aliphatic rings. The average molecular weight is 449 g/mol. The first-order chi connectivity index (χ1) is 14.3. The minimum atomic E-state index is -0.824. The van der Waals surface area contributed by atoms with Crippen LogP contribution in [0.3, 0.4) is 0 Å². The molecule has 6 nitrogen and oxygen atoms in total. The van der Waals surface area contributed by atoms with E-state index in [4.69, 9.17) is 32.7 Å². The topological polar surface area (TPSA) is 67.9 Å². The number of esters is 1. The highest BCUT2D eigenvalue weighted by atomic mass is 35.5. The van der Waals surface area contributed by atoms with Gasteiger partial charge >= 0.3 is 12.0 Å². The third kappa shape index (κ3) is 4.55. The van der Waals surface area contributed by atoms with Crippen LogP contribution in [0.1, 0.15) is 24.1 Å². The number of hydrogen-bond donors (Lipinski definition) is 1. The fourth-order valence-electron chi connectivity index (χ4n) is 3.21. The van der Waals surface area contributed by atoms with Crippen LogP contribution in [0, 0.1) is 6.92 Å². The molecular formula is C22H22Cl2N2O4. The molecule has 0 radical (unpaired) electrons. The van der Waals surface area contributed by atoms with E-state index >= 15 is 0 Å². The highest BCUT2D eigenvalue weighted by molar-refractivity contribution is 6.42. The van der Waals surface area contributed by atoms with E-state index in [1.807, 2.05) is 31.2 Å². The van der Waals surface area contributed by atoms with Gasteiger partial charge in [-0.2, -0.15) is 0 Å². The number of hydrogen-bond acceptors (Lipinski definition) is 4. The number of carbonyl (C=O) groups is 2. The number of ether oxygens (including phenoxy) is 2. The Balaban J connectivity index is 2.08. The number of rotatable bonds is 6. The first-order valence-electron chi connectivity index (χ1n) is 9.41. The minimum Gasteiger partial charge on any atom is -0.487 e. The van der Waals surface area contributed by atoms with E-state index < -0.39 is 18.0 Å². The molecule has 0 aliphatic carbocycles. The fraction of sp³-hybridized carbons (Fsp3) is 0.273. The lowest BCUT2D eigenvalue weighted by Crippen LogP contribution is -2.48. The molecular weight excluding hydrogens is 427 g/mol. The number of amides is 2. The van der Waals surface area contributed by atoms with E-state index in [-0.39, 0.29) is 23.8 Å². The second kappa shape index (κ2) is 9.41. The van der Waals surface area contributed by atoms with Crippen molar-refractivity contribution in [3.05, 3.63) is 74.9 Å². The van der Waals surface area contributed by atoms with Gasteiger partial charge in [-0.05, 0) is 43.2 Å². The number of benzene rings is 2. The maximum Gasteiger partial charge on any atom is 0.338 e. The van der Waals surface area contributed by atoms with Gasteiger partial charge in [-0.25, -0.2) is 9.59 Å². The van der Waals surface area contributed by atoms with Crippen molar-refractivity contribution in [2.24, 2.45) is 0 Å². The van der Waals surface area contributed by atoms with Gasteiger partial charge in [0, 0.05) is 7.05 Å². The van der Waals surface area contributed by atoms with Gasteiger partial charge in [0.2, 0.25) is 0 Å². The SMILES string of the molecule is CCOC(=O)C1=C(COc2cccc(C)c2)N(C)C(=O)N[C@@H]1c1cccc(Cl)c1Cl. The largest absolute Gasteiger partial charge is 0.487 e. The van der Waals surface area contributed by atoms with Gasteiger partial charge in [-0.15, -0.1) is 0 Å². The lowest BCUT2D eigenvalue weighted by Gasteiger charge is -2.34. The molecule has 0 unspecified atom stereocenters. The molecule has 2 amide bonds. The van der Waals surface area contributed by atoms with Crippen molar-refractivity contribution < 1.29 is 19.1 Å². The molecule has 0 saturated heterocycles. The van der Waals surface area contributed by atoms with Crippen molar-refractivity contribution in [3.63, 3.8) is 0 Å². The Morgan fingerprint density at radius 1 is 1.20 bits per heavy atom. The fourth-order valence-corrected chi connectivity index (χ4v) is 3.63. The van der Waals surface area contributed by atoms with Crippen molar-refractivity contribution in [3.8, 4) is 5.75 Å². The monoisotopic (exact) mass is 448 g/mol. The van der Waals surface area contributed by atoms with Crippen LogP contribution in [-0.2, 0) is 9.53 Å². The maximum atomic E-state index is 12.9. The Labute approximate surface area is 185 Å². The molecule has 1 atom stereocenters. The molecule has 0 bridgehead atoms. The molecule has 1 N–H and O–H groups in total. The summed E-state index contributed by atoms with van der Waals surface area (Å²) >= 11 is 12.6. The second-order valence-electron chi connectivity index (χ2n) is 6.77. The van der Waals surface area contributed by atoms with Gasteiger partial charge in [-0.1, -0.05) is 47.5 Å². The molecule has 8 heteroatoms. The van der Waals surface area contributed by atoms with Gasteiger partial charge in [0.15, 0.2) is 0 Å². The zero-order valence-electron chi connectivity index (χ0n) is 16.9. The first kappa shape index (κ1) is 22.0. The van der Waals surface area contributed by atoms with E-state index in [2.05, 4.69) is 5.32 Å². The Morgan fingerprint density at radius 2 is 1.93 bits per heavy atom. The van der Waals surface area contributed by atoms with E-state index in [0.717, 1.165) is 5.56 Å². The lowest BCUT2D eigenvalue weighted by molar-refractivity contribution is -0.139. The molecule has 0 fully saturated rings. The summed E-state index contributed by atoms with van der Waals surface area (Å²) in [6.45, 7) is 3.85. The minimum absolute atomic E-state index is 0.00376. The summed E-state index contributed by atoms with van der Waals surface area (Å²) in [6, 6.07) is 11.3. The normalized spacial score (nSPS) is 16.4. The highest BCUT2D eigenvalue weighted by Crippen LogP contribution is 2.37. The molecule has 0 saturated carbocycles. The number of carbonyl (C=O) groups excluding carboxylic acids is 2. The first-order valence-corrected chi connectivity index (χ1v) is 10.2. The average Bonchev–Trinajstić information content (AvgIpc) is 2.71. The van der Waals surface area contributed by atoms with E-state index in [1.54, 1.807) is 32.2 Å². The summed E-state index contributed by atoms with van der Waals surface area (Å²) < 4.78 is 11.2. The molecule has 3 rings (SSSR count). The molecule has 2 aromatic rings. The van der Waals surface area contributed by atoms with Gasteiger partial charge in [0.25, 0.3) is 0 Å². The third-order valence-electron chi connectivity index (χ3n) is 4.73. The number of urea groups is 1. The highest BCUT2D eigenvalue weighted by Gasteiger charge is 2.38. The van der Waals surface area contributed by atoms with E-state index in [0.29, 0.717) is 22.0 Å².